The second kappa shape index (κ2) is 5.87. The third-order valence-corrected chi connectivity index (χ3v) is 6.28. The van der Waals surface area contributed by atoms with Crippen molar-refractivity contribution in [1.82, 2.24) is 0 Å². The Balaban J connectivity index is 1.87. The fraction of sp³-hybridized carbons (Fsp3) is 0.647. The molecule has 1 nitrogen and oxygen atoms in total. The van der Waals surface area contributed by atoms with Crippen LogP contribution in [0, 0.1) is 5.92 Å². The fourth-order valence-corrected chi connectivity index (χ4v) is 4.42. The largest absolute Gasteiger partial charge is 0.327 e. The third-order valence-electron chi connectivity index (χ3n) is 5.54. The van der Waals surface area contributed by atoms with Gasteiger partial charge >= 0.3 is 0 Å². The van der Waals surface area contributed by atoms with Gasteiger partial charge < -0.3 is 5.73 Å². The van der Waals surface area contributed by atoms with Gasteiger partial charge in [-0.05, 0) is 49.3 Å². The lowest BCUT2D eigenvalue weighted by Gasteiger charge is -2.50. The van der Waals surface area contributed by atoms with Crippen LogP contribution in [0.15, 0.2) is 18.2 Å². The van der Waals surface area contributed by atoms with Crippen LogP contribution < -0.4 is 5.73 Å². The Labute approximate surface area is 131 Å². The fourth-order valence-electron chi connectivity index (χ4n) is 4.12. The molecule has 110 valence electrons. The van der Waals surface area contributed by atoms with E-state index in [-0.39, 0.29) is 11.5 Å². The van der Waals surface area contributed by atoms with Gasteiger partial charge in [0.2, 0.25) is 0 Å². The molecule has 0 aromatic heterocycles. The Kier molecular flexibility index (Phi) is 4.31. The van der Waals surface area contributed by atoms with Gasteiger partial charge in [-0.3, -0.25) is 0 Å². The van der Waals surface area contributed by atoms with Gasteiger partial charge in [-0.2, -0.15) is 0 Å². The average Bonchev–Trinajstić information content (AvgIpc) is 2.42. The molecule has 2 aliphatic rings. The summed E-state index contributed by atoms with van der Waals surface area (Å²) in [6.07, 6.45) is 10.3. The van der Waals surface area contributed by atoms with E-state index in [4.69, 9.17) is 28.9 Å². The summed E-state index contributed by atoms with van der Waals surface area (Å²) in [4.78, 5) is 0. The Hall–Kier alpha value is -0.240. The van der Waals surface area contributed by atoms with E-state index in [1.165, 1.54) is 56.9 Å². The van der Waals surface area contributed by atoms with Crippen LogP contribution in [-0.4, -0.2) is 6.04 Å². The summed E-state index contributed by atoms with van der Waals surface area (Å²) in [7, 11) is 0. The maximum absolute atomic E-state index is 6.73. The van der Waals surface area contributed by atoms with Crippen LogP contribution >= 0.6 is 23.2 Å². The minimum absolute atomic E-state index is 0.149. The maximum atomic E-state index is 6.73. The third kappa shape index (κ3) is 2.49. The zero-order valence-corrected chi connectivity index (χ0v) is 13.4. The normalized spacial score (nSPS) is 24.1. The molecule has 0 spiro atoms. The SMILES string of the molecule is NC(C1CCCCC1)C1(c2ccc(Cl)c(Cl)c2)CCC1. The van der Waals surface area contributed by atoms with Crippen molar-refractivity contribution < 1.29 is 0 Å². The van der Waals surface area contributed by atoms with Crippen molar-refractivity contribution in [2.75, 3.05) is 0 Å². The van der Waals surface area contributed by atoms with Crippen LogP contribution in [0.3, 0.4) is 0 Å². The minimum atomic E-state index is 0.149. The molecule has 0 heterocycles. The molecule has 0 bridgehead atoms. The van der Waals surface area contributed by atoms with E-state index in [0.717, 1.165) is 0 Å². The van der Waals surface area contributed by atoms with Crippen molar-refractivity contribution in [2.24, 2.45) is 11.7 Å². The van der Waals surface area contributed by atoms with Gasteiger partial charge in [-0.1, -0.05) is 55.0 Å². The number of benzene rings is 1. The summed E-state index contributed by atoms with van der Waals surface area (Å²) in [5, 5.41) is 1.29. The second-order valence-electron chi connectivity index (χ2n) is 6.56. The van der Waals surface area contributed by atoms with Crippen LogP contribution in [0.5, 0.6) is 0 Å². The first-order chi connectivity index (χ1) is 9.63. The summed E-state index contributed by atoms with van der Waals surface area (Å²) >= 11 is 12.3. The maximum Gasteiger partial charge on any atom is 0.0595 e. The van der Waals surface area contributed by atoms with Crippen molar-refractivity contribution >= 4 is 23.2 Å². The lowest BCUT2D eigenvalue weighted by atomic mass is 9.56. The van der Waals surface area contributed by atoms with Gasteiger partial charge in [0.05, 0.1) is 10.0 Å². The summed E-state index contributed by atoms with van der Waals surface area (Å²) in [5.74, 6) is 0.679. The average molecular weight is 312 g/mol. The van der Waals surface area contributed by atoms with Crippen molar-refractivity contribution in [1.29, 1.82) is 0 Å². The highest BCUT2D eigenvalue weighted by Crippen LogP contribution is 2.50. The van der Waals surface area contributed by atoms with E-state index in [1.807, 2.05) is 12.1 Å². The molecule has 0 amide bonds. The van der Waals surface area contributed by atoms with Crippen molar-refractivity contribution in [2.45, 2.75) is 62.8 Å². The first kappa shape index (κ1) is 14.7. The van der Waals surface area contributed by atoms with E-state index >= 15 is 0 Å². The van der Waals surface area contributed by atoms with Crippen molar-refractivity contribution in [3.05, 3.63) is 33.8 Å². The molecule has 1 unspecified atom stereocenters. The molecule has 3 rings (SSSR count). The minimum Gasteiger partial charge on any atom is -0.327 e. The van der Waals surface area contributed by atoms with Gasteiger partial charge in [-0.25, -0.2) is 0 Å². The predicted octanol–water partition coefficient (Wildman–Crippen LogP) is 5.32. The molecule has 0 aliphatic heterocycles. The Morgan fingerprint density at radius 1 is 1.00 bits per heavy atom. The van der Waals surface area contributed by atoms with Gasteiger partial charge in [0.1, 0.15) is 0 Å². The standard InChI is InChI=1S/C17H23Cl2N/c18-14-8-7-13(11-15(14)19)17(9-4-10-17)16(20)12-5-2-1-3-6-12/h7-8,11-12,16H,1-6,9-10,20H2. The number of hydrogen-bond acceptors (Lipinski definition) is 1. The number of nitrogens with two attached hydrogens (primary N) is 1. The molecule has 3 heteroatoms. The Bertz CT molecular complexity index is 476. The molecular weight excluding hydrogens is 289 g/mol. The molecular formula is C17H23Cl2N. The molecule has 1 aromatic rings. The Morgan fingerprint density at radius 3 is 2.25 bits per heavy atom. The van der Waals surface area contributed by atoms with Crippen LogP contribution in [0.25, 0.3) is 0 Å². The van der Waals surface area contributed by atoms with Crippen LogP contribution in [0.4, 0.5) is 0 Å². The van der Waals surface area contributed by atoms with Gasteiger partial charge in [0, 0.05) is 11.5 Å². The van der Waals surface area contributed by atoms with Crippen LogP contribution in [-0.2, 0) is 5.41 Å². The highest BCUT2D eigenvalue weighted by Gasteiger charge is 2.46. The summed E-state index contributed by atoms with van der Waals surface area (Å²) in [5.41, 5.74) is 8.18. The number of hydrogen-bond donors (Lipinski definition) is 1. The van der Waals surface area contributed by atoms with E-state index < -0.39 is 0 Å². The van der Waals surface area contributed by atoms with Gasteiger partial charge in [-0.15, -0.1) is 0 Å². The molecule has 2 fully saturated rings. The molecule has 1 aromatic carbocycles. The first-order valence-corrected chi connectivity index (χ1v) is 8.60. The number of rotatable bonds is 3. The van der Waals surface area contributed by atoms with E-state index in [9.17, 15) is 0 Å². The smallest absolute Gasteiger partial charge is 0.0595 e. The van der Waals surface area contributed by atoms with Crippen molar-refractivity contribution in [3.8, 4) is 0 Å². The predicted molar refractivity (Wildman–Crippen MR) is 86.5 cm³/mol. The molecule has 0 radical (unpaired) electrons. The molecule has 2 N–H and O–H groups in total. The quantitative estimate of drug-likeness (QED) is 0.803. The summed E-state index contributed by atoms with van der Waals surface area (Å²) in [6.45, 7) is 0. The molecule has 1 atom stereocenters. The van der Waals surface area contributed by atoms with Gasteiger partial charge in [0.25, 0.3) is 0 Å². The van der Waals surface area contributed by atoms with Gasteiger partial charge in [0.15, 0.2) is 0 Å². The monoisotopic (exact) mass is 311 g/mol. The zero-order chi connectivity index (χ0) is 14.2. The first-order valence-electron chi connectivity index (χ1n) is 7.84. The molecule has 2 aliphatic carbocycles. The Morgan fingerprint density at radius 2 is 1.70 bits per heavy atom. The summed E-state index contributed by atoms with van der Waals surface area (Å²) in [6, 6.07) is 6.38. The highest BCUT2D eigenvalue weighted by molar-refractivity contribution is 6.42. The van der Waals surface area contributed by atoms with Crippen LogP contribution in [0.1, 0.15) is 56.9 Å². The lowest BCUT2D eigenvalue weighted by molar-refractivity contribution is 0.132. The summed E-state index contributed by atoms with van der Waals surface area (Å²) < 4.78 is 0. The molecule has 2 saturated carbocycles. The molecule has 20 heavy (non-hydrogen) atoms. The van der Waals surface area contributed by atoms with E-state index in [1.54, 1.807) is 0 Å². The topological polar surface area (TPSA) is 26.0 Å². The van der Waals surface area contributed by atoms with E-state index in [0.29, 0.717) is 16.0 Å². The second-order valence-corrected chi connectivity index (χ2v) is 7.38. The van der Waals surface area contributed by atoms with Crippen LogP contribution in [0.2, 0.25) is 10.0 Å². The zero-order valence-electron chi connectivity index (χ0n) is 11.9. The number of halogens is 2. The van der Waals surface area contributed by atoms with Crippen molar-refractivity contribution in [3.63, 3.8) is 0 Å². The van der Waals surface area contributed by atoms with E-state index in [2.05, 4.69) is 6.07 Å². The highest BCUT2D eigenvalue weighted by atomic mass is 35.5. The lowest BCUT2D eigenvalue weighted by Crippen LogP contribution is -2.54. The molecule has 0 saturated heterocycles.